The van der Waals surface area contributed by atoms with E-state index in [9.17, 15) is 4.79 Å². The molecule has 0 aliphatic rings. The minimum atomic E-state index is -0.242. The van der Waals surface area contributed by atoms with E-state index in [1.165, 1.54) is 11.1 Å². The molecule has 1 aromatic heterocycles. The Hall–Kier alpha value is -3.08. The van der Waals surface area contributed by atoms with Gasteiger partial charge in [-0.2, -0.15) is 5.10 Å². The second-order valence-corrected chi connectivity index (χ2v) is 5.54. The van der Waals surface area contributed by atoms with Gasteiger partial charge in [-0.3, -0.25) is 9.48 Å². The molecule has 0 aliphatic carbocycles. The van der Waals surface area contributed by atoms with Gasteiger partial charge < -0.3 is 10.1 Å². The van der Waals surface area contributed by atoms with Gasteiger partial charge in [-0.1, -0.05) is 42.0 Å². The minimum Gasteiger partial charge on any atom is -0.496 e. The van der Waals surface area contributed by atoms with Crippen LogP contribution in [-0.4, -0.2) is 22.8 Å². The molecule has 0 unspecified atom stereocenters. The number of benzene rings is 2. The Labute approximate surface area is 140 Å². The fourth-order valence-corrected chi connectivity index (χ4v) is 2.53. The quantitative estimate of drug-likeness (QED) is 0.782. The minimum absolute atomic E-state index is 0.242. The van der Waals surface area contributed by atoms with Gasteiger partial charge in [-0.05, 0) is 24.6 Å². The summed E-state index contributed by atoms with van der Waals surface area (Å²) in [6.07, 6.45) is 1.85. The van der Waals surface area contributed by atoms with Crippen molar-refractivity contribution in [3.8, 4) is 5.75 Å². The highest BCUT2D eigenvalue weighted by Crippen LogP contribution is 2.18. The lowest BCUT2D eigenvalue weighted by molar-refractivity contribution is 0.102. The normalized spacial score (nSPS) is 10.4. The van der Waals surface area contributed by atoms with Crippen molar-refractivity contribution >= 4 is 11.7 Å². The zero-order valence-electron chi connectivity index (χ0n) is 13.7. The molecule has 1 N–H and O–H groups in total. The Morgan fingerprint density at radius 3 is 2.79 bits per heavy atom. The number of methoxy groups -OCH3 is 1. The SMILES string of the molecule is COc1ccccc1C(=O)Nc1ccn(Cc2cccc(C)c2)n1. The van der Waals surface area contributed by atoms with Crippen molar-refractivity contribution in [2.75, 3.05) is 12.4 Å². The molecular weight excluding hydrogens is 302 g/mol. The predicted octanol–water partition coefficient (Wildman–Crippen LogP) is 3.50. The van der Waals surface area contributed by atoms with E-state index in [1.54, 1.807) is 36.1 Å². The van der Waals surface area contributed by atoms with Crippen LogP contribution in [0.1, 0.15) is 21.5 Å². The van der Waals surface area contributed by atoms with Crippen molar-refractivity contribution < 1.29 is 9.53 Å². The molecule has 122 valence electrons. The Morgan fingerprint density at radius 1 is 1.17 bits per heavy atom. The first-order valence-corrected chi connectivity index (χ1v) is 7.69. The number of hydrogen-bond donors (Lipinski definition) is 1. The van der Waals surface area contributed by atoms with Gasteiger partial charge in [0.2, 0.25) is 0 Å². The summed E-state index contributed by atoms with van der Waals surface area (Å²) in [6.45, 7) is 2.72. The third-order valence-corrected chi connectivity index (χ3v) is 3.66. The topological polar surface area (TPSA) is 56.1 Å². The third kappa shape index (κ3) is 3.63. The number of anilines is 1. The van der Waals surface area contributed by atoms with E-state index in [1.807, 2.05) is 18.3 Å². The fraction of sp³-hybridized carbons (Fsp3) is 0.158. The molecule has 3 aromatic rings. The predicted molar refractivity (Wildman–Crippen MR) is 93.5 cm³/mol. The molecule has 0 bridgehead atoms. The first-order valence-electron chi connectivity index (χ1n) is 7.69. The van der Waals surface area contributed by atoms with E-state index in [2.05, 4.69) is 35.5 Å². The number of nitrogens with one attached hydrogen (secondary N) is 1. The van der Waals surface area contributed by atoms with Crippen molar-refractivity contribution in [2.45, 2.75) is 13.5 Å². The van der Waals surface area contributed by atoms with Crippen molar-refractivity contribution in [1.29, 1.82) is 0 Å². The number of carbonyl (C=O) groups excluding carboxylic acids is 1. The summed E-state index contributed by atoms with van der Waals surface area (Å²) in [5.74, 6) is 0.806. The van der Waals surface area contributed by atoms with Gasteiger partial charge in [-0.25, -0.2) is 0 Å². The number of ether oxygens (including phenoxy) is 1. The van der Waals surface area contributed by atoms with Gasteiger partial charge in [0.15, 0.2) is 5.82 Å². The van der Waals surface area contributed by atoms with Crippen molar-refractivity contribution in [1.82, 2.24) is 9.78 Å². The molecule has 0 saturated heterocycles. The lowest BCUT2D eigenvalue weighted by atomic mass is 10.1. The van der Waals surface area contributed by atoms with Crippen LogP contribution in [-0.2, 0) is 6.54 Å². The van der Waals surface area contributed by atoms with Crippen molar-refractivity contribution in [2.24, 2.45) is 0 Å². The molecule has 5 heteroatoms. The number of rotatable bonds is 5. The summed E-state index contributed by atoms with van der Waals surface area (Å²) in [7, 11) is 1.54. The van der Waals surface area contributed by atoms with Gasteiger partial charge >= 0.3 is 0 Å². The van der Waals surface area contributed by atoms with Crippen LogP contribution in [0.3, 0.4) is 0 Å². The number of nitrogens with zero attached hydrogens (tertiary/aromatic N) is 2. The van der Waals surface area contributed by atoms with E-state index >= 15 is 0 Å². The molecule has 0 saturated carbocycles. The van der Waals surface area contributed by atoms with Crippen LogP contribution in [0.15, 0.2) is 60.8 Å². The van der Waals surface area contributed by atoms with Gasteiger partial charge in [0, 0.05) is 12.3 Å². The van der Waals surface area contributed by atoms with Crippen LogP contribution in [0.5, 0.6) is 5.75 Å². The molecular formula is C19H19N3O2. The molecule has 2 aromatic carbocycles. The average Bonchev–Trinajstić information content (AvgIpc) is 3.01. The second-order valence-electron chi connectivity index (χ2n) is 5.54. The Balaban J connectivity index is 1.71. The van der Waals surface area contributed by atoms with Crippen LogP contribution in [0.25, 0.3) is 0 Å². The highest BCUT2D eigenvalue weighted by atomic mass is 16.5. The third-order valence-electron chi connectivity index (χ3n) is 3.66. The molecule has 0 aliphatic heterocycles. The van der Waals surface area contributed by atoms with Crippen LogP contribution in [0.2, 0.25) is 0 Å². The van der Waals surface area contributed by atoms with E-state index < -0.39 is 0 Å². The van der Waals surface area contributed by atoms with E-state index in [-0.39, 0.29) is 5.91 Å². The molecule has 0 radical (unpaired) electrons. The van der Waals surface area contributed by atoms with Crippen LogP contribution < -0.4 is 10.1 Å². The monoisotopic (exact) mass is 321 g/mol. The number of hydrogen-bond acceptors (Lipinski definition) is 3. The van der Waals surface area contributed by atoms with Gasteiger partial charge in [-0.15, -0.1) is 0 Å². The maximum absolute atomic E-state index is 12.4. The maximum atomic E-state index is 12.4. The van der Waals surface area contributed by atoms with Gasteiger partial charge in [0.05, 0.1) is 19.2 Å². The summed E-state index contributed by atoms with van der Waals surface area (Å²) >= 11 is 0. The van der Waals surface area contributed by atoms with E-state index in [4.69, 9.17) is 4.74 Å². The Kier molecular flexibility index (Phi) is 4.61. The molecule has 24 heavy (non-hydrogen) atoms. The highest BCUT2D eigenvalue weighted by Gasteiger charge is 2.12. The molecule has 0 spiro atoms. The summed E-state index contributed by atoms with van der Waals surface area (Å²) in [6, 6.07) is 17.1. The molecule has 1 amide bonds. The van der Waals surface area contributed by atoms with Crippen molar-refractivity contribution in [3.05, 3.63) is 77.5 Å². The number of carbonyl (C=O) groups is 1. The Morgan fingerprint density at radius 2 is 2.00 bits per heavy atom. The zero-order valence-corrected chi connectivity index (χ0v) is 13.7. The second kappa shape index (κ2) is 7.00. The summed E-state index contributed by atoms with van der Waals surface area (Å²) in [4.78, 5) is 12.4. The highest BCUT2D eigenvalue weighted by molar-refractivity contribution is 6.05. The number of aromatic nitrogens is 2. The first kappa shape index (κ1) is 15.8. The maximum Gasteiger partial charge on any atom is 0.260 e. The first-order chi connectivity index (χ1) is 11.7. The molecule has 5 nitrogen and oxygen atoms in total. The number of amides is 1. The van der Waals surface area contributed by atoms with Crippen LogP contribution in [0.4, 0.5) is 5.82 Å². The summed E-state index contributed by atoms with van der Waals surface area (Å²) in [5.41, 5.74) is 2.86. The molecule has 0 atom stereocenters. The number of para-hydroxylation sites is 1. The lowest BCUT2D eigenvalue weighted by Gasteiger charge is -2.07. The molecule has 0 fully saturated rings. The molecule has 3 rings (SSSR count). The van der Waals surface area contributed by atoms with E-state index in [0.29, 0.717) is 23.7 Å². The van der Waals surface area contributed by atoms with Crippen LogP contribution in [0, 0.1) is 6.92 Å². The number of aryl methyl sites for hydroxylation is 1. The average molecular weight is 321 g/mol. The summed E-state index contributed by atoms with van der Waals surface area (Å²) < 4.78 is 7.01. The molecule has 1 heterocycles. The summed E-state index contributed by atoms with van der Waals surface area (Å²) in [5, 5.41) is 7.20. The van der Waals surface area contributed by atoms with E-state index in [0.717, 1.165) is 0 Å². The smallest absolute Gasteiger partial charge is 0.260 e. The van der Waals surface area contributed by atoms with Crippen molar-refractivity contribution in [3.63, 3.8) is 0 Å². The zero-order chi connectivity index (χ0) is 16.9. The lowest BCUT2D eigenvalue weighted by Crippen LogP contribution is -2.14. The van der Waals surface area contributed by atoms with Gasteiger partial charge in [0.25, 0.3) is 5.91 Å². The van der Waals surface area contributed by atoms with Gasteiger partial charge in [0.1, 0.15) is 5.75 Å². The van der Waals surface area contributed by atoms with Crippen LogP contribution >= 0.6 is 0 Å². The largest absolute Gasteiger partial charge is 0.496 e. The standard InChI is InChI=1S/C19H19N3O2/c1-14-6-5-7-15(12-14)13-22-11-10-18(21-22)20-19(23)16-8-3-4-9-17(16)24-2/h3-12H,13H2,1-2H3,(H,20,21,23). The fourth-order valence-electron chi connectivity index (χ4n) is 2.53. The Bertz CT molecular complexity index is 855.